The Morgan fingerprint density at radius 3 is 2.39 bits per heavy atom. The molecule has 0 spiro atoms. The number of hydrogen-bond donors (Lipinski definition) is 1. The molecule has 6 heteroatoms. The van der Waals surface area contributed by atoms with Gasteiger partial charge in [0.1, 0.15) is 17.3 Å². The summed E-state index contributed by atoms with van der Waals surface area (Å²) in [6.45, 7) is 2.31. The van der Waals surface area contributed by atoms with E-state index in [1.54, 1.807) is 48.5 Å². The van der Waals surface area contributed by atoms with Crippen LogP contribution in [0.2, 0.25) is 0 Å². The molecule has 0 bridgehead atoms. The number of rotatable bonds is 5. The number of benzene rings is 3. The molecule has 1 fully saturated rings. The molecule has 0 radical (unpaired) electrons. The number of ketones is 1. The Morgan fingerprint density at radius 1 is 1.00 bits per heavy atom. The number of anilines is 1. The predicted octanol–water partition coefficient (Wildman–Crippen LogP) is 4.85. The molecule has 3 aromatic carbocycles. The van der Waals surface area contributed by atoms with Crippen LogP contribution in [-0.2, 0) is 9.59 Å². The van der Waals surface area contributed by atoms with Gasteiger partial charge in [-0.2, -0.15) is 0 Å². The summed E-state index contributed by atoms with van der Waals surface area (Å²) in [6.07, 6.45) is 0. The smallest absolute Gasteiger partial charge is 0.300 e. The average molecular weight is 417 g/mol. The third-order valence-corrected chi connectivity index (χ3v) is 5.08. The highest BCUT2D eigenvalue weighted by Gasteiger charge is 2.47. The zero-order valence-corrected chi connectivity index (χ0v) is 16.8. The van der Waals surface area contributed by atoms with Gasteiger partial charge in [-0.05, 0) is 48.9 Å². The minimum absolute atomic E-state index is 0.0513. The summed E-state index contributed by atoms with van der Waals surface area (Å²) in [5.41, 5.74) is 1.33. The number of hydrogen-bond acceptors (Lipinski definition) is 4. The number of Topliss-reactive ketones (excluding diaryl/α,β-unsaturated/α-hetero) is 1. The van der Waals surface area contributed by atoms with Crippen LogP contribution in [0, 0.1) is 5.82 Å². The van der Waals surface area contributed by atoms with Gasteiger partial charge in [0.25, 0.3) is 11.7 Å². The highest BCUT2D eigenvalue weighted by atomic mass is 19.1. The maximum atomic E-state index is 13.4. The van der Waals surface area contributed by atoms with Gasteiger partial charge >= 0.3 is 0 Å². The second-order valence-corrected chi connectivity index (χ2v) is 7.02. The fourth-order valence-electron chi connectivity index (χ4n) is 3.70. The highest BCUT2D eigenvalue weighted by molar-refractivity contribution is 6.51. The van der Waals surface area contributed by atoms with Crippen LogP contribution in [0.4, 0.5) is 10.1 Å². The van der Waals surface area contributed by atoms with E-state index in [2.05, 4.69) is 0 Å². The SMILES string of the molecule is CCOc1cccc(N2C(=O)C(=O)/C(=C(/O)c3ccc(F)cc3)C2c2ccccc2)c1. The molecule has 1 aliphatic rings. The number of carbonyl (C=O) groups excluding carboxylic acids is 2. The topological polar surface area (TPSA) is 66.8 Å². The van der Waals surface area contributed by atoms with Gasteiger partial charge in [0, 0.05) is 17.3 Å². The number of amides is 1. The van der Waals surface area contributed by atoms with Crippen molar-refractivity contribution in [2.24, 2.45) is 0 Å². The molecule has 1 unspecified atom stereocenters. The van der Waals surface area contributed by atoms with Crippen LogP contribution in [0.1, 0.15) is 24.1 Å². The first-order chi connectivity index (χ1) is 15.0. The molecule has 1 saturated heterocycles. The minimum atomic E-state index is -0.844. The molecule has 1 aliphatic heterocycles. The number of carbonyl (C=O) groups is 2. The molecule has 156 valence electrons. The third kappa shape index (κ3) is 3.80. The molecular weight excluding hydrogens is 397 g/mol. The van der Waals surface area contributed by atoms with Crippen LogP contribution >= 0.6 is 0 Å². The lowest BCUT2D eigenvalue weighted by atomic mass is 9.95. The second kappa shape index (κ2) is 8.44. The number of ether oxygens (including phenoxy) is 1. The monoisotopic (exact) mass is 417 g/mol. The van der Waals surface area contributed by atoms with Crippen molar-refractivity contribution in [3.63, 3.8) is 0 Å². The van der Waals surface area contributed by atoms with Gasteiger partial charge in [-0.15, -0.1) is 0 Å². The van der Waals surface area contributed by atoms with Gasteiger partial charge in [-0.3, -0.25) is 14.5 Å². The molecule has 0 aromatic heterocycles. The maximum absolute atomic E-state index is 13.4. The van der Waals surface area contributed by atoms with Gasteiger partial charge in [0.05, 0.1) is 18.2 Å². The summed E-state index contributed by atoms with van der Waals surface area (Å²) in [5, 5.41) is 11.0. The molecule has 4 rings (SSSR count). The van der Waals surface area contributed by atoms with Crippen molar-refractivity contribution >= 4 is 23.1 Å². The lowest BCUT2D eigenvalue weighted by Crippen LogP contribution is -2.29. The van der Waals surface area contributed by atoms with Crippen molar-refractivity contribution < 1.29 is 23.8 Å². The average Bonchev–Trinajstić information content (AvgIpc) is 3.05. The van der Waals surface area contributed by atoms with Gasteiger partial charge < -0.3 is 9.84 Å². The van der Waals surface area contributed by atoms with Crippen LogP contribution in [0.15, 0.2) is 84.4 Å². The van der Waals surface area contributed by atoms with E-state index in [0.717, 1.165) is 0 Å². The van der Waals surface area contributed by atoms with E-state index in [-0.39, 0.29) is 16.9 Å². The molecule has 1 heterocycles. The van der Waals surface area contributed by atoms with Crippen molar-refractivity contribution in [1.82, 2.24) is 0 Å². The Balaban J connectivity index is 1.91. The maximum Gasteiger partial charge on any atom is 0.300 e. The van der Waals surface area contributed by atoms with Crippen molar-refractivity contribution in [2.45, 2.75) is 13.0 Å². The summed E-state index contributed by atoms with van der Waals surface area (Å²) in [5.74, 6) is -1.82. The molecule has 0 saturated carbocycles. The summed E-state index contributed by atoms with van der Waals surface area (Å²) in [7, 11) is 0. The fraction of sp³-hybridized carbons (Fsp3) is 0.120. The van der Waals surface area contributed by atoms with E-state index in [1.165, 1.54) is 29.2 Å². The Kier molecular flexibility index (Phi) is 5.54. The molecule has 31 heavy (non-hydrogen) atoms. The van der Waals surface area contributed by atoms with Crippen molar-refractivity contribution in [1.29, 1.82) is 0 Å². The van der Waals surface area contributed by atoms with E-state index in [1.807, 2.05) is 13.0 Å². The largest absolute Gasteiger partial charge is 0.507 e. The standard InChI is InChI=1S/C25H20FNO4/c1-2-31-20-10-6-9-19(15-20)27-22(16-7-4-3-5-8-16)21(24(29)25(27)30)23(28)17-11-13-18(26)14-12-17/h3-15,22,28H,2H2,1H3/b23-21+. The van der Waals surface area contributed by atoms with Gasteiger partial charge in [0.15, 0.2) is 0 Å². The summed E-state index contributed by atoms with van der Waals surface area (Å²) in [4.78, 5) is 27.5. The molecule has 1 amide bonds. The molecule has 1 atom stereocenters. The first kappa shape index (κ1) is 20.3. The fourth-order valence-corrected chi connectivity index (χ4v) is 3.70. The van der Waals surface area contributed by atoms with Crippen LogP contribution in [0.25, 0.3) is 5.76 Å². The Hall–Kier alpha value is -3.93. The Morgan fingerprint density at radius 2 is 1.71 bits per heavy atom. The number of aliphatic hydroxyl groups excluding tert-OH is 1. The van der Waals surface area contributed by atoms with E-state index >= 15 is 0 Å². The molecule has 5 nitrogen and oxygen atoms in total. The molecular formula is C25H20FNO4. The quantitative estimate of drug-likeness (QED) is 0.366. The van der Waals surface area contributed by atoms with Crippen molar-refractivity contribution in [2.75, 3.05) is 11.5 Å². The minimum Gasteiger partial charge on any atom is -0.507 e. The number of halogens is 1. The summed E-state index contributed by atoms with van der Waals surface area (Å²) >= 11 is 0. The second-order valence-electron chi connectivity index (χ2n) is 7.02. The zero-order valence-electron chi connectivity index (χ0n) is 16.8. The predicted molar refractivity (Wildman–Crippen MR) is 115 cm³/mol. The van der Waals surface area contributed by atoms with Crippen molar-refractivity contribution in [3.8, 4) is 5.75 Å². The normalized spacial score (nSPS) is 17.7. The van der Waals surface area contributed by atoms with Crippen molar-refractivity contribution in [3.05, 3.63) is 101 Å². The van der Waals surface area contributed by atoms with Gasteiger partial charge in [-0.25, -0.2) is 4.39 Å². The number of aliphatic hydroxyl groups is 1. The van der Waals surface area contributed by atoms with Gasteiger partial charge in [-0.1, -0.05) is 36.4 Å². The Labute approximate surface area is 179 Å². The lowest BCUT2D eigenvalue weighted by Gasteiger charge is -2.25. The van der Waals surface area contributed by atoms with Crippen LogP contribution in [0.3, 0.4) is 0 Å². The zero-order chi connectivity index (χ0) is 22.0. The first-order valence-electron chi connectivity index (χ1n) is 9.86. The molecule has 0 aliphatic carbocycles. The van der Waals surface area contributed by atoms with Crippen LogP contribution in [-0.4, -0.2) is 23.4 Å². The Bertz CT molecular complexity index is 1160. The first-order valence-corrected chi connectivity index (χ1v) is 9.86. The van der Waals surface area contributed by atoms with E-state index in [0.29, 0.717) is 23.6 Å². The molecule has 1 N–H and O–H groups in total. The van der Waals surface area contributed by atoms with E-state index in [4.69, 9.17) is 4.74 Å². The van der Waals surface area contributed by atoms with E-state index < -0.39 is 23.5 Å². The van der Waals surface area contributed by atoms with E-state index in [9.17, 15) is 19.1 Å². The third-order valence-electron chi connectivity index (χ3n) is 5.08. The van der Waals surface area contributed by atoms with Crippen LogP contribution in [0.5, 0.6) is 5.75 Å². The summed E-state index contributed by atoms with van der Waals surface area (Å²) in [6, 6.07) is 20.2. The summed E-state index contributed by atoms with van der Waals surface area (Å²) < 4.78 is 18.9. The van der Waals surface area contributed by atoms with Gasteiger partial charge in [0.2, 0.25) is 0 Å². The number of nitrogens with zero attached hydrogens (tertiary/aromatic N) is 1. The lowest BCUT2D eigenvalue weighted by molar-refractivity contribution is -0.132. The molecule has 3 aromatic rings. The highest BCUT2D eigenvalue weighted by Crippen LogP contribution is 2.42. The van der Waals surface area contributed by atoms with Crippen LogP contribution < -0.4 is 9.64 Å².